The van der Waals surface area contributed by atoms with Crippen LogP contribution in [0.4, 0.5) is 22.0 Å². The lowest BCUT2D eigenvalue weighted by molar-refractivity contribution is 0.497. The van der Waals surface area contributed by atoms with E-state index in [2.05, 4.69) is 0 Å². The molecule has 3 rings (SSSR count). The Balaban J connectivity index is 2.30. The molecule has 6 heteroatoms. The highest BCUT2D eigenvalue weighted by molar-refractivity contribution is 5.78. The summed E-state index contributed by atoms with van der Waals surface area (Å²) in [6.07, 6.45) is 0. The molecule has 1 nitrogen and oxygen atoms in total. The van der Waals surface area contributed by atoms with E-state index in [4.69, 9.17) is 0 Å². The van der Waals surface area contributed by atoms with Gasteiger partial charge in [0.2, 0.25) is 0 Å². The van der Waals surface area contributed by atoms with E-state index in [9.17, 15) is 27.2 Å². The second kappa shape index (κ2) is 6.60. The van der Waals surface area contributed by atoms with Gasteiger partial charge in [-0.15, -0.1) is 0 Å². The van der Waals surface area contributed by atoms with Crippen LogP contribution in [0.15, 0.2) is 36.4 Å². The SMILES string of the molecule is Cc1ccc(F)cc1-c1cc(C#N)c(-c2c(F)c[c]c(F)c2F)cc1F. The van der Waals surface area contributed by atoms with E-state index in [0.717, 1.165) is 18.2 Å². The maximum absolute atomic E-state index is 14.6. The number of rotatable bonds is 2. The third kappa shape index (κ3) is 2.92. The summed E-state index contributed by atoms with van der Waals surface area (Å²) in [5.74, 6) is -5.74. The van der Waals surface area contributed by atoms with E-state index in [-0.39, 0.29) is 16.7 Å². The van der Waals surface area contributed by atoms with Crippen LogP contribution in [0.2, 0.25) is 0 Å². The zero-order chi connectivity index (χ0) is 19.0. The van der Waals surface area contributed by atoms with Crippen molar-refractivity contribution in [1.29, 1.82) is 5.26 Å². The summed E-state index contributed by atoms with van der Waals surface area (Å²) in [5, 5.41) is 9.32. The number of hydrogen-bond donors (Lipinski definition) is 0. The molecule has 0 heterocycles. The Labute approximate surface area is 145 Å². The first-order chi connectivity index (χ1) is 12.3. The van der Waals surface area contributed by atoms with Crippen LogP contribution in [-0.2, 0) is 0 Å². The van der Waals surface area contributed by atoms with Gasteiger partial charge in [-0.25, -0.2) is 22.0 Å². The van der Waals surface area contributed by atoms with Crippen LogP contribution in [0.3, 0.4) is 0 Å². The fraction of sp³-hybridized carbons (Fsp3) is 0.0500. The molecule has 0 aliphatic heterocycles. The molecule has 0 bridgehead atoms. The first kappa shape index (κ1) is 17.6. The van der Waals surface area contributed by atoms with Gasteiger partial charge in [-0.05, 0) is 48.4 Å². The Morgan fingerprint density at radius 2 is 1.62 bits per heavy atom. The maximum atomic E-state index is 14.6. The summed E-state index contributed by atoms with van der Waals surface area (Å²) in [7, 11) is 0. The number of halogens is 5. The molecule has 129 valence electrons. The van der Waals surface area contributed by atoms with Gasteiger partial charge in [0.25, 0.3) is 0 Å². The average Bonchev–Trinajstić information content (AvgIpc) is 2.61. The first-order valence-electron chi connectivity index (χ1n) is 7.39. The van der Waals surface area contributed by atoms with E-state index in [1.54, 1.807) is 19.1 Å². The molecule has 0 saturated carbocycles. The smallest absolute Gasteiger partial charge is 0.170 e. The zero-order valence-corrected chi connectivity index (χ0v) is 13.3. The standard InChI is InChI=1S/C20H9F5N/c1-10-2-3-12(21)7-13(10)15-6-11(9-26)14(8-18(15)24)19-16(22)4-5-17(23)20(19)25/h2-4,6-8H,1H3. The van der Waals surface area contributed by atoms with Crippen molar-refractivity contribution < 1.29 is 22.0 Å². The molecule has 3 aromatic carbocycles. The molecule has 3 aromatic rings. The highest BCUT2D eigenvalue weighted by Crippen LogP contribution is 2.35. The summed E-state index contributed by atoms with van der Waals surface area (Å²) < 4.78 is 69.5. The summed E-state index contributed by atoms with van der Waals surface area (Å²) in [4.78, 5) is 0. The van der Waals surface area contributed by atoms with Crippen molar-refractivity contribution in [2.75, 3.05) is 0 Å². The monoisotopic (exact) mass is 358 g/mol. The van der Waals surface area contributed by atoms with Crippen LogP contribution >= 0.6 is 0 Å². The van der Waals surface area contributed by atoms with E-state index in [0.29, 0.717) is 11.6 Å². The molecular weight excluding hydrogens is 349 g/mol. The van der Waals surface area contributed by atoms with Gasteiger partial charge in [0.15, 0.2) is 11.6 Å². The average molecular weight is 358 g/mol. The van der Waals surface area contributed by atoms with Gasteiger partial charge in [0.1, 0.15) is 17.5 Å². The van der Waals surface area contributed by atoms with Crippen molar-refractivity contribution in [3.63, 3.8) is 0 Å². The lowest BCUT2D eigenvalue weighted by Gasteiger charge is -2.13. The summed E-state index contributed by atoms with van der Waals surface area (Å²) in [6, 6.07) is 9.54. The largest absolute Gasteiger partial charge is 0.207 e. The molecule has 0 N–H and O–H groups in total. The van der Waals surface area contributed by atoms with Crippen molar-refractivity contribution in [2.45, 2.75) is 6.92 Å². The second-order valence-corrected chi connectivity index (χ2v) is 5.59. The highest BCUT2D eigenvalue weighted by atomic mass is 19.2. The van der Waals surface area contributed by atoms with Crippen LogP contribution in [0.25, 0.3) is 22.3 Å². The van der Waals surface area contributed by atoms with Crippen LogP contribution in [0.5, 0.6) is 0 Å². The molecule has 0 spiro atoms. The number of aryl methyl sites for hydroxylation is 1. The van der Waals surface area contributed by atoms with Gasteiger partial charge in [-0.1, -0.05) is 6.07 Å². The van der Waals surface area contributed by atoms with E-state index in [1.165, 1.54) is 12.1 Å². The van der Waals surface area contributed by atoms with Crippen LogP contribution in [0.1, 0.15) is 11.1 Å². The van der Waals surface area contributed by atoms with E-state index >= 15 is 0 Å². The summed E-state index contributed by atoms with van der Waals surface area (Å²) in [6.45, 7) is 1.62. The predicted molar refractivity (Wildman–Crippen MR) is 85.4 cm³/mol. The second-order valence-electron chi connectivity index (χ2n) is 5.59. The fourth-order valence-electron chi connectivity index (χ4n) is 2.69. The van der Waals surface area contributed by atoms with Gasteiger partial charge < -0.3 is 0 Å². The fourth-order valence-corrected chi connectivity index (χ4v) is 2.69. The van der Waals surface area contributed by atoms with Crippen molar-refractivity contribution in [1.82, 2.24) is 0 Å². The Morgan fingerprint density at radius 1 is 0.885 bits per heavy atom. The summed E-state index contributed by atoms with van der Waals surface area (Å²) in [5.41, 5.74) is -0.955. The van der Waals surface area contributed by atoms with Gasteiger partial charge in [-0.2, -0.15) is 5.26 Å². The van der Waals surface area contributed by atoms with Gasteiger partial charge in [0, 0.05) is 17.2 Å². The third-order valence-corrected chi connectivity index (χ3v) is 3.96. The molecule has 1 radical (unpaired) electrons. The molecule has 0 amide bonds. The molecular formula is C20H9F5N. The number of nitrogens with zero attached hydrogens (tertiary/aromatic N) is 1. The molecule has 0 fully saturated rings. The van der Waals surface area contributed by atoms with Crippen molar-refractivity contribution >= 4 is 0 Å². The normalized spacial score (nSPS) is 10.7. The van der Waals surface area contributed by atoms with Crippen molar-refractivity contribution in [3.05, 3.63) is 82.7 Å². The number of benzene rings is 3. The molecule has 0 aromatic heterocycles. The zero-order valence-electron chi connectivity index (χ0n) is 13.3. The lowest BCUT2D eigenvalue weighted by atomic mass is 9.92. The first-order valence-corrected chi connectivity index (χ1v) is 7.39. The maximum Gasteiger partial charge on any atom is 0.170 e. The Kier molecular flexibility index (Phi) is 4.47. The lowest BCUT2D eigenvalue weighted by Crippen LogP contribution is -1.99. The van der Waals surface area contributed by atoms with Crippen molar-refractivity contribution in [2.24, 2.45) is 0 Å². The molecule has 0 atom stereocenters. The third-order valence-electron chi connectivity index (χ3n) is 3.96. The topological polar surface area (TPSA) is 23.8 Å². The Morgan fingerprint density at radius 3 is 2.31 bits per heavy atom. The number of nitriles is 1. The minimum atomic E-state index is -1.57. The van der Waals surface area contributed by atoms with Gasteiger partial charge in [-0.3, -0.25) is 0 Å². The Bertz CT molecular complexity index is 1070. The van der Waals surface area contributed by atoms with Crippen LogP contribution < -0.4 is 0 Å². The molecule has 0 unspecified atom stereocenters. The molecule has 26 heavy (non-hydrogen) atoms. The Hall–Kier alpha value is -3.20. The molecule has 0 aliphatic rings. The number of hydrogen-bond acceptors (Lipinski definition) is 1. The van der Waals surface area contributed by atoms with Gasteiger partial charge in [0.05, 0.1) is 17.2 Å². The minimum absolute atomic E-state index is 0.105. The molecule has 0 aliphatic carbocycles. The van der Waals surface area contributed by atoms with Gasteiger partial charge >= 0.3 is 0 Å². The van der Waals surface area contributed by atoms with Crippen LogP contribution in [-0.4, -0.2) is 0 Å². The quantitative estimate of drug-likeness (QED) is 0.426. The highest BCUT2D eigenvalue weighted by Gasteiger charge is 2.22. The van der Waals surface area contributed by atoms with Crippen LogP contribution in [0, 0.1) is 53.4 Å². The van der Waals surface area contributed by atoms with E-state index in [1.807, 2.05) is 0 Å². The predicted octanol–water partition coefficient (Wildman–Crippen LogP) is 5.70. The van der Waals surface area contributed by atoms with E-state index < -0.39 is 40.2 Å². The summed E-state index contributed by atoms with van der Waals surface area (Å²) >= 11 is 0. The van der Waals surface area contributed by atoms with Crippen molar-refractivity contribution in [3.8, 4) is 28.3 Å². The molecule has 0 saturated heterocycles. The minimum Gasteiger partial charge on any atom is -0.207 e.